The number of amides is 1. The van der Waals surface area contributed by atoms with Gasteiger partial charge >= 0.3 is 0 Å². The van der Waals surface area contributed by atoms with Gasteiger partial charge in [-0.2, -0.15) is 0 Å². The molecule has 1 unspecified atom stereocenters. The molecule has 0 bridgehead atoms. The van der Waals surface area contributed by atoms with Crippen molar-refractivity contribution in [3.05, 3.63) is 59.7 Å². The van der Waals surface area contributed by atoms with Gasteiger partial charge in [-0.3, -0.25) is 9.69 Å². The van der Waals surface area contributed by atoms with Crippen LogP contribution in [0.4, 0.5) is 5.69 Å². The van der Waals surface area contributed by atoms with Crippen molar-refractivity contribution in [2.24, 2.45) is 5.14 Å². The third-order valence-electron chi connectivity index (χ3n) is 4.56. The van der Waals surface area contributed by atoms with Crippen molar-refractivity contribution in [2.45, 2.75) is 30.8 Å². The van der Waals surface area contributed by atoms with Gasteiger partial charge in [0.1, 0.15) is 0 Å². The Kier molecular flexibility index (Phi) is 5.13. The molecule has 6 nitrogen and oxygen atoms in total. The lowest BCUT2D eigenvalue weighted by Crippen LogP contribution is -2.41. The molecule has 1 aliphatic rings. The molecular formula is C19H23N3O3S. The molecule has 0 spiro atoms. The van der Waals surface area contributed by atoms with Crippen molar-refractivity contribution < 1.29 is 13.2 Å². The Balaban J connectivity index is 1.74. The van der Waals surface area contributed by atoms with Gasteiger partial charge in [-0.15, -0.1) is 0 Å². The molecule has 0 aromatic heterocycles. The van der Waals surface area contributed by atoms with Gasteiger partial charge in [-0.05, 0) is 49.7 Å². The van der Waals surface area contributed by atoms with E-state index in [1.54, 1.807) is 17.0 Å². The lowest BCUT2D eigenvalue weighted by atomic mass is 10.1. The molecule has 0 fully saturated rings. The van der Waals surface area contributed by atoms with Crippen LogP contribution in [0.2, 0.25) is 0 Å². The quantitative estimate of drug-likeness (QED) is 0.865. The van der Waals surface area contributed by atoms with E-state index in [0.29, 0.717) is 13.0 Å². The summed E-state index contributed by atoms with van der Waals surface area (Å²) in [6.07, 6.45) is 0.618. The fraction of sp³-hybridized carbons (Fsp3) is 0.316. The summed E-state index contributed by atoms with van der Waals surface area (Å²) in [7, 11) is -1.83. The SMILES string of the molecule is CC1Cc2cc(S(N)(=O)=O)ccc2N1C(=O)CN(C)Cc1ccccc1. The fourth-order valence-electron chi connectivity index (χ4n) is 3.42. The van der Waals surface area contributed by atoms with Crippen LogP contribution in [0.3, 0.4) is 0 Å². The van der Waals surface area contributed by atoms with E-state index in [4.69, 9.17) is 5.14 Å². The van der Waals surface area contributed by atoms with E-state index in [2.05, 4.69) is 0 Å². The Morgan fingerprint density at radius 2 is 1.92 bits per heavy atom. The van der Waals surface area contributed by atoms with Crippen molar-refractivity contribution in [3.8, 4) is 0 Å². The number of primary sulfonamides is 1. The van der Waals surface area contributed by atoms with Gasteiger partial charge < -0.3 is 4.90 Å². The first-order valence-corrected chi connectivity index (χ1v) is 10.0. The summed E-state index contributed by atoms with van der Waals surface area (Å²) in [6.45, 7) is 2.94. The maximum atomic E-state index is 12.8. The number of anilines is 1. The molecule has 0 saturated heterocycles. The van der Waals surface area contributed by atoms with E-state index < -0.39 is 10.0 Å². The van der Waals surface area contributed by atoms with Crippen LogP contribution >= 0.6 is 0 Å². The van der Waals surface area contributed by atoms with Gasteiger partial charge in [0.25, 0.3) is 0 Å². The highest BCUT2D eigenvalue weighted by atomic mass is 32.2. The molecule has 7 heteroatoms. The number of rotatable bonds is 5. The minimum absolute atomic E-state index is 0.00182. The van der Waals surface area contributed by atoms with Gasteiger partial charge in [-0.1, -0.05) is 30.3 Å². The largest absolute Gasteiger partial charge is 0.308 e. The van der Waals surface area contributed by atoms with E-state index in [0.717, 1.165) is 16.8 Å². The molecule has 0 saturated carbocycles. The van der Waals surface area contributed by atoms with Crippen LogP contribution in [-0.4, -0.2) is 38.9 Å². The first-order chi connectivity index (χ1) is 12.3. The van der Waals surface area contributed by atoms with Crippen LogP contribution in [0.25, 0.3) is 0 Å². The molecule has 0 aliphatic carbocycles. The van der Waals surface area contributed by atoms with Crippen LogP contribution in [-0.2, 0) is 27.8 Å². The van der Waals surface area contributed by atoms with Crippen molar-refractivity contribution in [3.63, 3.8) is 0 Å². The van der Waals surface area contributed by atoms with Gasteiger partial charge in [-0.25, -0.2) is 13.6 Å². The number of fused-ring (bicyclic) bond motifs is 1. The third-order valence-corrected chi connectivity index (χ3v) is 5.48. The molecule has 3 rings (SSSR count). The topological polar surface area (TPSA) is 83.7 Å². The number of carbonyl (C=O) groups is 1. The van der Waals surface area contributed by atoms with Crippen LogP contribution in [0, 0.1) is 0 Å². The molecular weight excluding hydrogens is 350 g/mol. The summed E-state index contributed by atoms with van der Waals surface area (Å²) in [6, 6.07) is 14.7. The van der Waals surface area contributed by atoms with E-state index in [1.807, 2.05) is 49.2 Å². The molecule has 26 heavy (non-hydrogen) atoms. The average molecular weight is 373 g/mol. The predicted octanol–water partition coefficient (Wildman–Crippen LogP) is 1.74. The Labute approximate surface area is 154 Å². The summed E-state index contributed by atoms with van der Waals surface area (Å²) in [4.78, 5) is 16.7. The number of hydrogen-bond acceptors (Lipinski definition) is 4. The highest BCUT2D eigenvalue weighted by Crippen LogP contribution is 2.33. The molecule has 2 N–H and O–H groups in total. The number of carbonyl (C=O) groups excluding carboxylic acids is 1. The smallest absolute Gasteiger partial charge is 0.241 e. The van der Waals surface area contributed by atoms with E-state index in [9.17, 15) is 13.2 Å². The summed E-state index contributed by atoms with van der Waals surface area (Å²) in [5, 5.41) is 5.20. The predicted molar refractivity (Wildman–Crippen MR) is 101 cm³/mol. The van der Waals surface area contributed by atoms with Gasteiger partial charge in [0.05, 0.1) is 11.4 Å². The molecule has 1 amide bonds. The molecule has 2 aromatic carbocycles. The van der Waals surface area contributed by atoms with E-state index >= 15 is 0 Å². The number of benzene rings is 2. The van der Waals surface area contributed by atoms with E-state index in [1.165, 1.54) is 6.07 Å². The average Bonchev–Trinajstić information content (AvgIpc) is 2.89. The molecule has 2 aromatic rings. The number of likely N-dealkylation sites (N-methyl/N-ethyl adjacent to an activating group) is 1. The number of nitrogens with two attached hydrogens (primary N) is 1. The molecule has 0 radical (unpaired) electrons. The number of hydrogen-bond donors (Lipinski definition) is 1. The second-order valence-electron chi connectivity index (χ2n) is 6.81. The van der Waals surface area contributed by atoms with Gasteiger partial charge in [0.2, 0.25) is 15.9 Å². The lowest BCUT2D eigenvalue weighted by Gasteiger charge is -2.26. The maximum absolute atomic E-state index is 12.8. The third kappa shape index (κ3) is 3.95. The van der Waals surface area contributed by atoms with Crippen molar-refractivity contribution >= 4 is 21.6 Å². The fourth-order valence-corrected chi connectivity index (χ4v) is 3.99. The molecule has 1 aliphatic heterocycles. The minimum Gasteiger partial charge on any atom is -0.308 e. The van der Waals surface area contributed by atoms with Crippen molar-refractivity contribution in [2.75, 3.05) is 18.5 Å². The zero-order valence-electron chi connectivity index (χ0n) is 14.9. The molecule has 138 valence electrons. The number of sulfonamides is 1. The zero-order valence-corrected chi connectivity index (χ0v) is 15.7. The van der Waals surface area contributed by atoms with Crippen molar-refractivity contribution in [1.29, 1.82) is 0 Å². The number of nitrogens with zero attached hydrogens (tertiary/aromatic N) is 2. The standard InChI is InChI=1S/C19H23N3O3S/c1-14-10-16-11-17(26(20,24)25)8-9-18(16)22(14)19(23)13-21(2)12-15-6-4-3-5-7-15/h3-9,11,14H,10,12-13H2,1-2H3,(H2,20,24,25). The molecule has 1 atom stereocenters. The first-order valence-electron chi connectivity index (χ1n) is 8.46. The van der Waals surface area contributed by atoms with Gasteiger partial charge in [0, 0.05) is 18.3 Å². The summed E-state index contributed by atoms with van der Waals surface area (Å²) in [5.74, 6) is -0.00182. The normalized spacial score (nSPS) is 16.8. The Morgan fingerprint density at radius 3 is 2.58 bits per heavy atom. The molecule has 1 heterocycles. The van der Waals surface area contributed by atoms with E-state index in [-0.39, 0.29) is 23.4 Å². The lowest BCUT2D eigenvalue weighted by molar-refractivity contribution is -0.119. The van der Waals surface area contributed by atoms with Crippen LogP contribution < -0.4 is 10.0 Å². The van der Waals surface area contributed by atoms with Crippen LogP contribution in [0.5, 0.6) is 0 Å². The first kappa shape index (κ1) is 18.6. The monoisotopic (exact) mass is 373 g/mol. The highest BCUT2D eigenvalue weighted by Gasteiger charge is 2.32. The Bertz CT molecular complexity index is 913. The summed E-state index contributed by atoms with van der Waals surface area (Å²) in [5.41, 5.74) is 2.75. The van der Waals surface area contributed by atoms with Crippen molar-refractivity contribution in [1.82, 2.24) is 4.90 Å². The minimum atomic E-state index is -3.74. The zero-order chi connectivity index (χ0) is 18.9. The highest BCUT2D eigenvalue weighted by molar-refractivity contribution is 7.89. The second-order valence-corrected chi connectivity index (χ2v) is 8.37. The van der Waals surface area contributed by atoms with Crippen LogP contribution in [0.1, 0.15) is 18.1 Å². The Hall–Kier alpha value is -2.22. The maximum Gasteiger partial charge on any atom is 0.241 e. The summed E-state index contributed by atoms with van der Waals surface area (Å²) < 4.78 is 23.1. The summed E-state index contributed by atoms with van der Waals surface area (Å²) >= 11 is 0. The second kappa shape index (κ2) is 7.19. The Morgan fingerprint density at radius 1 is 1.23 bits per heavy atom. The van der Waals surface area contributed by atoms with Gasteiger partial charge in [0.15, 0.2) is 0 Å². The van der Waals surface area contributed by atoms with Crippen LogP contribution in [0.15, 0.2) is 53.4 Å².